The van der Waals surface area contributed by atoms with Crippen molar-refractivity contribution in [1.82, 2.24) is 5.32 Å². The van der Waals surface area contributed by atoms with Crippen LogP contribution in [0.3, 0.4) is 0 Å². The van der Waals surface area contributed by atoms with Crippen molar-refractivity contribution in [2.24, 2.45) is 5.92 Å². The maximum Gasteiger partial charge on any atom is 0.251 e. The average Bonchev–Trinajstić information content (AvgIpc) is 3.57. The van der Waals surface area contributed by atoms with E-state index in [1.54, 1.807) is 0 Å². The van der Waals surface area contributed by atoms with E-state index >= 15 is 0 Å². The second-order valence-corrected chi connectivity index (χ2v) is 8.41. The number of carbonyl (C=O) groups excluding carboxylic acids is 1. The van der Waals surface area contributed by atoms with Gasteiger partial charge in [0.25, 0.3) is 5.91 Å². The van der Waals surface area contributed by atoms with Crippen LogP contribution >= 0.6 is 0 Å². The van der Waals surface area contributed by atoms with Crippen LogP contribution in [0.15, 0.2) is 49.0 Å². The Hall–Kier alpha value is -2.75. The van der Waals surface area contributed by atoms with Crippen LogP contribution in [-0.2, 0) is 0 Å². The second-order valence-electron chi connectivity index (χ2n) is 8.41. The monoisotopic (exact) mass is 404 g/mol. The normalized spacial score (nSPS) is 20.3. The molecule has 2 aromatic rings. The molecular weight excluding hydrogens is 372 g/mol. The summed E-state index contributed by atoms with van der Waals surface area (Å²) in [6.07, 6.45) is 5.55. The third-order valence-corrected chi connectivity index (χ3v) is 6.12. The molecule has 1 saturated carbocycles. The summed E-state index contributed by atoms with van der Waals surface area (Å²) >= 11 is 0. The van der Waals surface area contributed by atoms with Gasteiger partial charge >= 0.3 is 0 Å². The molecule has 0 aromatic heterocycles. The Bertz CT molecular complexity index is 915. The predicted octanol–water partition coefficient (Wildman–Crippen LogP) is 5.96. The smallest absolute Gasteiger partial charge is 0.251 e. The van der Waals surface area contributed by atoms with Gasteiger partial charge in [-0.3, -0.25) is 4.79 Å². The number of amides is 1. The predicted molar refractivity (Wildman–Crippen MR) is 123 cm³/mol. The van der Waals surface area contributed by atoms with Gasteiger partial charge in [-0.1, -0.05) is 38.5 Å². The number of benzene rings is 2. The maximum atomic E-state index is 12.5. The van der Waals surface area contributed by atoms with Crippen molar-refractivity contribution in [2.75, 3.05) is 11.9 Å². The topological polar surface area (TPSA) is 50.4 Å². The number of hydrogen-bond donors (Lipinski definition) is 2. The van der Waals surface area contributed by atoms with Crippen LogP contribution in [0.2, 0.25) is 0 Å². The van der Waals surface area contributed by atoms with Gasteiger partial charge in [0.1, 0.15) is 5.75 Å². The Kier molecular flexibility index (Phi) is 6.12. The fourth-order valence-corrected chi connectivity index (χ4v) is 4.26. The zero-order chi connectivity index (χ0) is 21.1. The molecule has 4 heteroatoms. The Balaban J connectivity index is 1.62. The molecule has 1 fully saturated rings. The van der Waals surface area contributed by atoms with Crippen LogP contribution in [0.1, 0.15) is 73.5 Å². The second kappa shape index (κ2) is 8.95. The summed E-state index contributed by atoms with van der Waals surface area (Å²) in [6, 6.07) is 14.9. The van der Waals surface area contributed by atoms with Gasteiger partial charge in [-0.2, -0.15) is 0 Å². The molecule has 0 radical (unpaired) electrons. The molecule has 2 unspecified atom stereocenters. The van der Waals surface area contributed by atoms with E-state index in [1.807, 2.05) is 37.3 Å². The molecule has 1 aliphatic carbocycles. The summed E-state index contributed by atoms with van der Waals surface area (Å²) in [5.74, 6) is 1.21. The van der Waals surface area contributed by atoms with Crippen LogP contribution in [0.25, 0.3) is 5.57 Å². The summed E-state index contributed by atoms with van der Waals surface area (Å²) in [5.41, 5.74) is 5.20. The zero-order valence-corrected chi connectivity index (χ0v) is 18.0. The molecule has 1 amide bonds. The lowest BCUT2D eigenvalue weighted by Gasteiger charge is -2.37. The summed E-state index contributed by atoms with van der Waals surface area (Å²) in [5, 5.41) is 6.83. The quantitative estimate of drug-likeness (QED) is 0.570. The fraction of sp³-hybridized carbons (Fsp3) is 0.423. The highest BCUT2D eigenvalue weighted by atomic mass is 16.5. The molecule has 158 valence electrons. The van der Waals surface area contributed by atoms with Gasteiger partial charge in [0, 0.05) is 28.8 Å². The molecule has 0 saturated heterocycles. The van der Waals surface area contributed by atoms with Gasteiger partial charge in [0.05, 0.1) is 12.6 Å². The molecule has 2 aromatic carbocycles. The molecule has 4 rings (SSSR count). The minimum absolute atomic E-state index is 0.0202. The third kappa shape index (κ3) is 4.38. The van der Waals surface area contributed by atoms with Gasteiger partial charge in [-0.05, 0) is 67.7 Å². The first-order valence-electron chi connectivity index (χ1n) is 11.2. The molecule has 1 heterocycles. The fourth-order valence-electron chi connectivity index (χ4n) is 4.26. The van der Waals surface area contributed by atoms with Crippen molar-refractivity contribution in [3.8, 4) is 5.75 Å². The van der Waals surface area contributed by atoms with Gasteiger partial charge in [0.15, 0.2) is 0 Å². The Morgan fingerprint density at radius 3 is 2.60 bits per heavy atom. The van der Waals surface area contributed by atoms with E-state index in [4.69, 9.17) is 4.74 Å². The molecule has 4 nitrogen and oxygen atoms in total. The molecule has 2 N–H and O–H groups in total. The van der Waals surface area contributed by atoms with E-state index < -0.39 is 0 Å². The van der Waals surface area contributed by atoms with E-state index in [-0.39, 0.29) is 17.9 Å². The number of anilines is 1. The van der Waals surface area contributed by atoms with Gasteiger partial charge in [-0.15, -0.1) is 0 Å². The van der Waals surface area contributed by atoms with Crippen molar-refractivity contribution in [3.05, 3.63) is 65.7 Å². The number of rotatable bonds is 8. The Morgan fingerprint density at radius 1 is 1.17 bits per heavy atom. The number of ether oxygens (including phenoxy) is 1. The van der Waals surface area contributed by atoms with E-state index in [1.165, 1.54) is 5.56 Å². The average molecular weight is 405 g/mol. The number of hydrogen-bond acceptors (Lipinski definition) is 3. The first kappa shape index (κ1) is 20.5. The lowest BCUT2D eigenvalue weighted by molar-refractivity contribution is 0.0951. The summed E-state index contributed by atoms with van der Waals surface area (Å²) in [6.45, 7) is 9.38. The number of unbranched alkanes of at least 4 members (excludes halogenated alkanes) is 1. The molecule has 0 bridgehead atoms. The third-order valence-electron chi connectivity index (χ3n) is 6.12. The minimum atomic E-state index is 0.0202. The molecule has 2 aliphatic rings. The number of nitrogens with one attached hydrogen (secondary N) is 2. The van der Waals surface area contributed by atoms with Crippen molar-refractivity contribution in [2.45, 2.75) is 58.0 Å². The highest BCUT2D eigenvalue weighted by Gasteiger charge is 2.32. The highest BCUT2D eigenvalue weighted by Crippen LogP contribution is 2.46. The standard InChI is InChI=1S/C26H32N2O2/c1-4-6-7-22-17(3)23-16-19(26(29)27-20-11-12-20)10-15-24(23)28-25(22)18-8-13-21(14-9-18)30-5-2/h8-10,13-16,20,22,25,28H,3-7,11-12H2,1-2H3,(H,27,29). The SMILES string of the molecule is C=C1c2cc(C(=O)NC3CC3)ccc2NC(c2ccc(OCC)cc2)C1CCCC. The van der Waals surface area contributed by atoms with Crippen LogP contribution in [0.5, 0.6) is 5.75 Å². The summed E-state index contributed by atoms with van der Waals surface area (Å²) in [7, 11) is 0. The van der Waals surface area contributed by atoms with E-state index in [9.17, 15) is 4.79 Å². The molecule has 1 aliphatic heterocycles. The van der Waals surface area contributed by atoms with Crippen molar-refractivity contribution >= 4 is 17.2 Å². The molecule has 2 atom stereocenters. The van der Waals surface area contributed by atoms with Gasteiger partial charge in [-0.25, -0.2) is 0 Å². The molecule has 30 heavy (non-hydrogen) atoms. The molecule has 0 spiro atoms. The maximum absolute atomic E-state index is 12.5. The van der Waals surface area contributed by atoms with Crippen LogP contribution in [0.4, 0.5) is 5.69 Å². The first-order chi connectivity index (χ1) is 14.6. The van der Waals surface area contributed by atoms with Gasteiger partial charge < -0.3 is 15.4 Å². The zero-order valence-electron chi connectivity index (χ0n) is 18.0. The van der Waals surface area contributed by atoms with Gasteiger partial charge in [0.2, 0.25) is 0 Å². The Morgan fingerprint density at radius 2 is 1.93 bits per heavy atom. The first-order valence-corrected chi connectivity index (χ1v) is 11.2. The Labute approximate surface area is 179 Å². The van der Waals surface area contributed by atoms with Crippen LogP contribution in [0, 0.1) is 5.92 Å². The van der Waals surface area contributed by atoms with Crippen molar-refractivity contribution in [1.29, 1.82) is 0 Å². The lowest BCUT2D eigenvalue weighted by atomic mass is 9.77. The lowest BCUT2D eigenvalue weighted by Crippen LogP contribution is -2.28. The van der Waals surface area contributed by atoms with Crippen molar-refractivity contribution in [3.63, 3.8) is 0 Å². The minimum Gasteiger partial charge on any atom is -0.494 e. The van der Waals surface area contributed by atoms with E-state index in [0.717, 1.165) is 60.2 Å². The summed E-state index contributed by atoms with van der Waals surface area (Å²) in [4.78, 5) is 12.5. The van der Waals surface area contributed by atoms with Crippen molar-refractivity contribution < 1.29 is 9.53 Å². The summed E-state index contributed by atoms with van der Waals surface area (Å²) < 4.78 is 5.61. The van der Waals surface area contributed by atoms with Crippen LogP contribution in [-0.4, -0.2) is 18.6 Å². The van der Waals surface area contributed by atoms with E-state index in [0.29, 0.717) is 12.6 Å². The largest absolute Gasteiger partial charge is 0.494 e. The number of carbonyl (C=O) groups is 1. The van der Waals surface area contributed by atoms with E-state index in [2.05, 4.69) is 36.3 Å². The molecular formula is C26H32N2O2. The highest BCUT2D eigenvalue weighted by molar-refractivity contribution is 5.97. The van der Waals surface area contributed by atoms with Crippen LogP contribution < -0.4 is 15.4 Å². The number of fused-ring (bicyclic) bond motifs is 1.